The predicted octanol–water partition coefficient (Wildman–Crippen LogP) is 1.62. The van der Waals surface area contributed by atoms with Gasteiger partial charge in [-0.25, -0.2) is 9.80 Å². The third-order valence-electron chi connectivity index (χ3n) is 3.14. The monoisotopic (exact) mass is 249 g/mol. The van der Waals surface area contributed by atoms with Crippen molar-refractivity contribution in [3.63, 3.8) is 0 Å². The molecule has 3 N–H and O–H groups in total. The quantitative estimate of drug-likeness (QED) is 0.762. The van der Waals surface area contributed by atoms with Crippen LogP contribution >= 0.6 is 0 Å². The van der Waals surface area contributed by atoms with Gasteiger partial charge in [0.05, 0.1) is 6.61 Å². The van der Waals surface area contributed by atoms with Gasteiger partial charge in [-0.2, -0.15) is 0 Å². The standard InChI is InChI=1S/C13H19N3O2/c1-10-4-5-12(8-11(10)9-17)14-13(18)15-16-6-2-3-7-16/h4-5,8,17H,2-3,6-7,9H2,1H3,(H2,14,15,18). The summed E-state index contributed by atoms with van der Waals surface area (Å²) in [5.74, 6) is 0. The minimum atomic E-state index is -0.232. The normalized spacial score (nSPS) is 15.7. The zero-order chi connectivity index (χ0) is 13.0. The highest BCUT2D eigenvalue weighted by molar-refractivity contribution is 5.89. The number of carbonyl (C=O) groups is 1. The number of rotatable bonds is 3. The Morgan fingerprint density at radius 1 is 1.39 bits per heavy atom. The van der Waals surface area contributed by atoms with Crippen molar-refractivity contribution in [3.8, 4) is 0 Å². The molecule has 1 aliphatic rings. The molecule has 0 unspecified atom stereocenters. The van der Waals surface area contributed by atoms with E-state index in [0.29, 0.717) is 5.69 Å². The number of carbonyl (C=O) groups excluding carboxylic acids is 1. The molecule has 5 heteroatoms. The van der Waals surface area contributed by atoms with Gasteiger partial charge >= 0.3 is 6.03 Å². The summed E-state index contributed by atoms with van der Waals surface area (Å²) < 4.78 is 0. The lowest BCUT2D eigenvalue weighted by molar-refractivity contribution is 0.209. The minimum Gasteiger partial charge on any atom is -0.392 e. The number of hydrazine groups is 1. The van der Waals surface area contributed by atoms with E-state index in [1.807, 2.05) is 24.1 Å². The maximum atomic E-state index is 11.7. The predicted molar refractivity (Wildman–Crippen MR) is 70.1 cm³/mol. The highest BCUT2D eigenvalue weighted by Crippen LogP contribution is 2.15. The van der Waals surface area contributed by atoms with Crippen LogP contribution in [0.3, 0.4) is 0 Å². The van der Waals surface area contributed by atoms with Gasteiger partial charge in [0, 0.05) is 18.8 Å². The van der Waals surface area contributed by atoms with Crippen molar-refractivity contribution < 1.29 is 9.90 Å². The zero-order valence-electron chi connectivity index (χ0n) is 10.6. The van der Waals surface area contributed by atoms with Gasteiger partial charge in [-0.05, 0) is 43.0 Å². The Morgan fingerprint density at radius 2 is 2.11 bits per heavy atom. The number of aliphatic hydroxyl groups is 1. The topological polar surface area (TPSA) is 64.6 Å². The summed E-state index contributed by atoms with van der Waals surface area (Å²) in [5, 5.41) is 13.9. The number of anilines is 1. The van der Waals surface area contributed by atoms with Crippen molar-refractivity contribution in [3.05, 3.63) is 29.3 Å². The number of aryl methyl sites for hydroxylation is 1. The number of nitrogens with one attached hydrogen (secondary N) is 2. The SMILES string of the molecule is Cc1ccc(NC(=O)NN2CCCC2)cc1CO. The second-order valence-corrected chi connectivity index (χ2v) is 4.56. The van der Waals surface area contributed by atoms with E-state index in [4.69, 9.17) is 0 Å². The Labute approximate surface area is 107 Å². The Hall–Kier alpha value is -1.59. The lowest BCUT2D eigenvalue weighted by Crippen LogP contribution is -2.42. The molecule has 1 heterocycles. The molecular formula is C13H19N3O2. The van der Waals surface area contributed by atoms with Crippen molar-refractivity contribution >= 4 is 11.7 Å². The van der Waals surface area contributed by atoms with Crippen molar-refractivity contribution in [2.45, 2.75) is 26.4 Å². The molecule has 1 aliphatic heterocycles. The van der Waals surface area contributed by atoms with E-state index in [1.54, 1.807) is 6.07 Å². The van der Waals surface area contributed by atoms with Gasteiger partial charge in [-0.15, -0.1) is 0 Å². The molecule has 1 aromatic rings. The van der Waals surface area contributed by atoms with Crippen molar-refractivity contribution in [1.29, 1.82) is 0 Å². The maximum Gasteiger partial charge on any atom is 0.333 e. The summed E-state index contributed by atoms with van der Waals surface area (Å²) >= 11 is 0. The van der Waals surface area contributed by atoms with E-state index < -0.39 is 0 Å². The average molecular weight is 249 g/mol. The van der Waals surface area contributed by atoms with Crippen molar-refractivity contribution in [2.75, 3.05) is 18.4 Å². The van der Waals surface area contributed by atoms with Crippen LogP contribution in [0.5, 0.6) is 0 Å². The van der Waals surface area contributed by atoms with Crippen LogP contribution < -0.4 is 10.7 Å². The molecule has 18 heavy (non-hydrogen) atoms. The van der Waals surface area contributed by atoms with Crippen LogP contribution in [-0.4, -0.2) is 29.2 Å². The molecular weight excluding hydrogens is 230 g/mol. The van der Waals surface area contributed by atoms with E-state index in [9.17, 15) is 9.90 Å². The summed E-state index contributed by atoms with van der Waals surface area (Å²) in [6.45, 7) is 3.72. The molecule has 0 spiro atoms. The molecule has 0 saturated carbocycles. The molecule has 0 radical (unpaired) electrons. The fraction of sp³-hybridized carbons (Fsp3) is 0.462. The van der Waals surface area contributed by atoms with Crippen molar-refractivity contribution in [2.24, 2.45) is 0 Å². The molecule has 98 valence electrons. The fourth-order valence-corrected chi connectivity index (χ4v) is 2.05. The fourth-order valence-electron chi connectivity index (χ4n) is 2.05. The van der Waals surface area contributed by atoms with Crippen LogP contribution in [0.2, 0.25) is 0 Å². The third-order valence-corrected chi connectivity index (χ3v) is 3.14. The lowest BCUT2D eigenvalue weighted by Gasteiger charge is -2.17. The molecule has 0 aliphatic carbocycles. The first-order chi connectivity index (χ1) is 8.69. The van der Waals surface area contributed by atoms with E-state index in [-0.39, 0.29) is 12.6 Å². The lowest BCUT2D eigenvalue weighted by atomic mass is 10.1. The van der Waals surface area contributed by atoms with E-state index >= 15 is 0 Å². The summed E-state index contributed by atoms with van der Waals surface area (Å²) in [7, 11) is 0. The summed E-state index contributed by atoms with van der Waals surface area (Å²) in [5.41, 5.74) is 5.34. The second-order valence-electron chi connectivity index (χ2n) is 4.56. The molecule has 1 fully saturated rings. The van der Waals surface area contributed by atoms with Gasteiger partial charge in [0.1, 0.15) is 0 Å². The molecule has 0 bridgehead atoms. The number of benzene rings is 1. The smallest absolute Gasteiger partial charge is 0.333 e. The summed E-state index contributed by atoms with van der Waals surface area (Å²) in [6, 6.07) is 5.28. The minimum absolute atomic E-state index is 0.0188. The summed E-state index contributed by atoms with van der Waals surface area (Å²) in [6.07, 6.45) is 2.25. The van der Waals surface area contributed by atoms with Gasteiger partial charge < -0.3 is 10.4 Å². The second kappa shape index (κ2) is 5.84. The van der Waals surface area contributed by atoms with Crippen molar-refractivity contribution in [1.82, 2.24) is 10.4 Å². The van der Waals surface area contributed by atoms with Gasteiger partial charge in [0.25, 0.3) is 0 Å². The molecule has 2 amide bonds. The largest absolute Gasteiger partial charge is 0.392 e. The molecule has 2 rings (SSSR count). The number of hydrogen-bond donors (Lipinski definition) is 3. The van der Waals surface area contributed by atoms with Gasteiger partial charge in [0.15, 0.2) is 0 Å². The maximum absolute atomic E-state index is 11.7. The first kappa shape index (κ1) is 12.9. The Balaban J connectivity index is 1.93. The van der Waals surface area contributed by atoms with Gasteiger partial charge in [-0.3, -0.25) is 5.43 Å². The van der Waals surface area contributed by atoms with Gasteiger partial charge in [0.2, 0.25) is 0 Å². The highest BCUT2D eigenvalue weighted by atomic mass is 16.3. The molecule has 5 nitrogen and oxygen atoms in total. The third kappa shape index (κ3) is 3.21. The molecule has 0 aromatic heterocycles. The number of urea groups is 1. The first-order valence-electron chi connectivity index (χ1n) is 6.22. The van der Waals surface area contributed by atoms with Crippen LogP contribution in [0.4, 0.5) is 10.5 Å². The van der Waals surface area contributed by atoms with Crippen LogP contribution in [0.1, 0.15) is 24.0 Å². The summed E-state index contributed by atoms with van der Waals surface area (Å²) in [4.78, 5) is 11.7. The van der Waals surface area contributed by atoms with Crippen LogP contribution in [0.15, 0.2) is 18.2 Å². The number of amides is 2. The van der Waals surface area contributed by atoms with E-state index in [2.05, 4.69) is 10.7 Å². The van der Waals surface area contributed by atoms with Crippen LogP contribution in [-0.2, 0) is 6.61 Å². The number of nitrogens with zero attached hydrogens (tertiary/aromatic N) is 1. The van der Waals surface area contributed by atoms with Crippen LogP contribution in [0.25, 0.3) is 0 Å². The Kier molecular flexibility index (Phi) is 4.17. The zero-order valence-corrected chi connectivity index (χ0v) is 10.6. The van der Waals surface area contributed by atoms with Gasteiger partial charge in [-0.1, -0.05) is 6.07 Å². The molecule has 0 atom stereocenters. The highest BCUT2D eigenvalue weighted by Gasteiger charge is 2.13. The van der Waals surface area contributed by atoms with Crippen LogP contribution in [0, 0.1) is 6.92 Å². The Morgan fingerprint density at radius 3 is 2.78 bits per heavy atom. The molecule has 1 aromatic carbocycles. The molecule has 1 saturated heterocycles. The Bertz CT molecular complexity index is 428. The number of hydrogen-bond acceptors (Lipinski definition) is 3. The average Bonchev–Trinajstić information content (AvgIpc) is 2.84. The van der Waals surface area contributed by atoms with E-state index in [1.165, 1.54) is 0 Å². The van der Waals surface area contributed by atoms with E-state index in [0.717, 1.165) is 37.1 Å². The number of aliphatic hydroxyl groups excluding tert-OH is 1. The first-order valence-corrected chi connectivity index (χ1v) is 6.22.